The van der Waals surface area contributed by atoms with Crippen LogP contribution in [0, 0.1) is 17.3 Å². The van der Waals surface area contributed by atoms with Crippen LogP contribution in [-0.2, 0) is 19.1 Å². The lowest BCUT2D eigenvalue weighted by Gasteiger charge is -2.29. The first-order chi connectivity index (χ1) is 8.15. The molecule has 3 atom stereocenters. The van der Waals surface area contributed by atoms with Crippen LogP contribution in [0.5, 0.6) is 0 Å². The van der Waals surface area contributed by atoms with E-state index < -0.39 is 17.4 Å². The number of carbonyl (C=O) groups is 2. The molecule has 1 fully saturated rings. The maximum Gasteiger partial charge on any atom is 0.328 e. The third kappa shape index (κ3) is 1.68. The number of carbonyl (C=O) groups excluding carboxylic acids is 2. The maximum absolute atomic E-state index is 12.1. The Hall–Kier alpha value is -1.58. The van der Waals surface area contributed by atoms with Gasteiger partial charge in [-0.05, 0) is 25.7 Å². The number of rotatable bonds is 3. The summed E-state index contributed by atoms with van der Waals surface area (Å²) in [5.41, 5.74) is -1.13. The maximum atomic E-state index is 12.1. The van der Waals surface area contributed by atoms with Crippen LogP contribution in [0.1, 0.15) is 19.8 Å². The summed E-state index contributed by atoms with van der Waals surface area (Å²) in [6.07, 6.45) is 8.25. The smallest absolute Gasteiger partial charge is 0.328 e. The van der Waals surface area contributed by atoms with Gasteiger partial charge in [0.1, 0.15) is 0 Å². The molecule has 0 amide bonds. The van der Waals surface area contributed by atoms with Crippen LogP contribution in [0.25, 0.3) is 0 Å². The minimum atomic E-state index is -1.13. The molecule has 0 aromatic carbocycles. The van der Waals surface area contributed by atoms with Gasteiger partial charge < -0.3 is 9.47 Å². The van der Waals surface area contributed by atoms with E-state index in [0.29, 0.717) is 6.42 Å². The van der Waals surface area contributed by atoms with Crippen molar-refractivity contribution < 1.29 is 19.1 Å². The SMILES string of the molecule is CC=COC(=O)C1(C(=O)OC)CC2C=CC1C2. The number of fused-ring (bicyclic) bond motifs is 2. The predicted octanol–water partition coefficient (Wildman–Crippen LogP) is 1.82. The second-order valence-electron chi connectivity index (χ2n) is 4.53. The number of hydrogen-bond donors (Lipinski definition) is 0. The molecule has 92 valence electrons. The second kappa shape index (κ2) is 4.35. The van der Waals surface area contributed by atoms with Gasteiger partial charge >= 0.3 is 11.9 Å². The molecule has 3 unspecified atom stereocenters. The number of methoxy groups -OCH3 is 1. The quantitative estimate of drug-likeness (QED) is 0.324. The molecule has 0 saturated heterocycles. The monoisotopic (exact) mass is 236 g/mol. The summed E-state index contributed by atoms with van der Waals surface area (Å²) < 4.78 is 9.79. The highest BCUT2D eigenvalue weighted by atomic mass is 16.5. The second-order valence-corrected chi connectivity index (χ2v) is 4.53. The van der Waals surface area contributed by atoms with Gasteiger partial charge in [0.05, 0.1) is 13.4 Å². The molecule has 4 nitrogen and oxygen atoms in total. The third-order valence-electron chi connectivity index (χ3n) is 3.61. The van der Waals surface area contributed by atoms with Crippen molar-refractivity contribution in [2.45, 2.75) is 19.8 Å². The molecule has 0 N–H and O–H groups in total. The highest BCUT2D eigenvalue weighted by Crippen LogP contribution is 2.53. The highest BCUT2D eigenvalue weighted by molar-refractivity contribution is 6.01. The Labute approximate surface area is 100 Å². The minimum absolute atomic E-state index is 0.0855. The van der Waals surface area contributed by atoms with Crippen LogP contribution in [-0.4, -0.2) is 19.0 Å². The van der Waals surface area contributed by atoms with Crippen molar-refractivity contribution in [1.29, 1.82) is 0 Å². The van der Waals surface area contributed by atoms with Crippen molar-refractivity contribution in [3.05, 3.63) is 24.5 Å². The summed E-state index contributed by atoms with van der Waals surface area (Å²) in [7, 11) is 1.31. The normalized spacial score (nSPS) is 34.2. The van der Waals surface area contributed by atoms with Crippen LogP contribution in [0.2, 0.25) is 0 Å². The van der Waals surface area contributed by atoms with Gasteiger partial charge in [0, 0.05) is 5.92 Å². The lowest BCUT2D eigenvalue weighted by atomic mass is 9.75. The molecule has 2 rings (SSSR count). The molecule has 4 heteroatoms. The Balaban J connectivity index is 2.29. The summed E-state index contributed by atoms with van der Waals surface area (Å²) in [6.45, 7) is 1.75. The summed E-state index contributed by atoms with van der Waals surface area (Å²) in [5.74, 6) is -0.780. The van der Waals surface area contributed by atoms with Gasteiger partial charge in [0.15, 0.2) is 5.41 Å². The van der Waals surface area contributed by atoms with Gasteiger partial charge in [-0.3, -0.25) is 9.59 Å². The number of ether oxygens (including phenoxy) is 2. The average molecular weight is 236 g/mol. The molecule has 2 aliphatic rings. The van der Waals surface area contributed by atoms with Crippen molar-refractivity contribution in [2.24, 2.45) is 17.3 Å². The van der Waals surface area contributed by atoms with Crippen LogP contribution < -0.4 is 0 Å². The average Bonchev–Trinajstić information content (AvgIpc) is 2.95. The van der Waals surface area contributed by atoms with E-state index >= 15 is 0 Å². The predicted molar refractivity (Wildman–Crippen MR) is 60.7 cm³/mol. The summed E-state index contributed by atoms with van der Waals surface area (Å²) in [5, 5.41) is 0. The molecule has 1 saturated carbocycles. The molecule has 2 aliphatic carbocycles. The van der Waals surface area contributed by atoms with E-state index in [9.17, 15) is 9.59 Å². The molecule has 0 aliphatic heterocycles. The van der Waals surface area contributed by atoms with Crippen LogP contribution in [0.3, 0.4) is 0 Å². The zero-order valence-electron chi connectivity index (χ0n) is 10.0. The molecule has 0 heterocycles. The number of esters is 2. The lowest BCUT2D eigenvalue weighted by molar-refractivity contribution is -0.169. The fourth-order valence-corrected chi connectivity index (χ4v) is 2.83. The van der Waals surface area contributed by atoms with Crippen molar-refractivity contribution >= 4 is 11.9 Å². The Morgan fingerprint density at radius 1 is 1.35 bits per heavy atom. The van der Waals surface area contributed by atoms with Gasteiger partial charge in [-0.15, -0.1) is 0 Å². The van der Waals surface area contributed by atoms with Crippen molar-refractivity contribution in [3.8, 4) is 0 Å². The molecule has 0 aromatic rings. The van der Waals surface area contributed by atoms with Crippen molar-refractivity contribution in [2.75, 3.05) is 7.11 Å². The molecule has 2 bridgehead atoms. The van der Waals surface area contributed by atoms with Gasteiger partial charge in [-0.1, -0.05) is 18.2 Å². The number of allylic oxidation sites excluding steroid dienone is 3. The van der Waals surface area contributed by atoms with Crippen LogP contribution >= 0.6 is 0 Å². The van der Waals surface area contributed by atoms with E-state index in [1.807, 2.05) is 6.08 Å². The molecule has 0 aromatic heterocycles. The Morgan fingerprint density at radius 2 is 2.12 bits per heavy atom. The van der Waals surface area contributed by atoms with Gasteiger partial charge in [-0.25, -0.2) is 0 Å². The third-order valence-corrected chi connectivity index (χ3v) is 3.61. The van der Waals surface area contributed by atoms with E-state index in [2.05, 4.69) is 6.08 Å². The van der Waals surface area contributed by atoms with E-state index in [4.69, 9.17) is 9.47 Å². The van der Waals surface area contributed by atoms with E-state index in [-0.39, 0.29) is 11.8 Å². The first-order valence-corrected chi connectivity index (χ1v) is 5.74. The first kappa shape index (κ1) is 11.9. The molecule has 0 radical (unpaired) electrons. The Bertz CT molecular complexity index is 396. The summed E-state index contributed by atoms with van der Waals surface area (Å²) >= 11 is 0. The van der Waals surface area contributed by atoms with E-state index in [1.165, 1.54) is 13.4 Å². The van der Waals surface area contributed by atoms with E-state index in [0.717, 1.165) is 6.42 Å². The fraction of sp³-hybridized carbons (Fsp3) is 0.538. The van der Waals surface area contributed by atoms with Gasteiger partial charge in [0.25, 0.3) is 0 Å². The fourth-order valence-electron chi connectivity index (χ4n) is 2.83. The van der Waals surface area contributed by atoms with Gasteiger partial charge in [0.2, 0.25) is 0 Å². The zero-order valence-corrected chi connectivity index (χ0v) is 10.0. The summed E-state index contributed by atoms with van der Waals surface area (Å²) in [6, 6.07) is 0. The number of hydrogen-bond acceptors (Lipinski definition) is 4. The topological polar surface area (TPSA) is 52.6 Å². The van der Waals surface area contributed by atoms with Crippen LogP contribution in [0.4, 0.5) is 0 Å². The van der Waals surface area contributed by atoms with Gasteiger partial charge in [-0.2, -0.15) is 0 Å². The summed E-state index contributed by atoms with van der Waals surface area (Å²) in [4.78, 5) is 24.1. The Kier molecular flexibility index (Phi) is 3.05. The molecular weight excluding hydrogens is 220 g/mol. The zero-order chi connectivity index (χ0) is 12.5. The minimum Gasteiger partial charge on any atom is -0.468 e. The Morgan fingerprint density at radius 3 is 2.59 bits per heavy atom. The highest BCUT2D eigenvalue weighted by Gasteiger charge is 2.60. The molecule has 17 heavy (non-hydrogen) atoms. The molecule has 0 spiro atoms. The van der Waals surface area contributed by atoms with Crippen molar-refractivity contribution in [1.82, 2.24) is 0 Å². The van der Waals surface area contributed by atoms with Crippen molar-refractivity contribution in [3.63, 3.8) is 0 Å². The standard InChI is InChI=1S/C13H16O4/c1-3-6-17-12(15)13(11(14)16-2)8-9-4-5-10(13)7-9/h3-6,9-10H,7-8H2,1-2H3. The first-order valence-electron chi connectivity index (χ1n) is 5.74. The lowest BCUT2D eigenvalue weighted by Crippen LogP contribution is -2.44. The molecular formula is C13H16O4. The van der Waals surface area contributed by atoms with E-state index in [1.54, 1.807) is 13.0 Å². The van der Waals surface area contributed by atoms with Crippen LogP contribution in [0.15, 0.2) is 24.5 Å². The largest absolute Gasteiger partial charge is 0.468 e.